The second-order valence-corrected chi connectivity index (χ2v) is 9.46. The molecule has 0 heterocycles. The third-order valence-electron chi connectivity index (χ3n) is 5.96. The van der Waals surface area contributed by atoms with Gasteiger partial charge in [0.15, 0.2) is 0 Å². The van der Waals surface area contributed by atoms with E-state index in [0.29, 0.717) is 0 Å². The Morgan fingerprint density at radius 1 is 0.867 bits per heavy atom. The Balaban J connectivity index is 0.00000107. The van der Waals surface area contributed by atoms with E-state index in [9.17, 15) is 0 Å². The average molecular weight is 643 g/mol. The predicted molar refractivity (Wildman–Crippen MR) is 121 cm³/mol. The summed E-state index contributed by atoms with van der Waals surface area (Å²) in [5.41, 5.74) is 5.75. The zero-order chi connectivity index (χ0) is 18.4. The number of allylic oxidation sites excluding steroid dienone is 4. The largest absolute Gasteiger partial charge is 3.00 e. The van der Waals surface area contributed by atoms with Crippen molar-refractivity contribution in [3.05, 3.63) is 83.4 Å². The van der Waals surface area contributed by atoms with Gasteiger partial charge in [-0.15, -0.1) is 33.4 Å². The number of rotatable bonds is 1. The van der Waals surface area contributed by atoms with Crippen molar-refractivity contribution < 1.29 is 51.0 Å². The topological polar surface area (TPSA) is 0 Å². The predicted octanol–water partition coefficient (Wildman–Crippen LogP) is 0.371. The number of halogens is 4. The molecule has 0 nitrogen and oxygen atoms in total. The second kappa shape index (κ2) is 11.3. The maximum absolute atomic E-state index is 3.97. The zero-order valence-electron chi connectivity index (χ0n) is 16.5. The van der Waals surface area contributed by atoms with E-state index < -0.39 is 0 Å². The standard InChI is InChI=1S/C25H21Br2.2ClH.Zr/c26-19-12-11-18-13-22-21(20(18)14-19)15-23(27)25(17-7-3-1-2-4-8-17)24(22)16-9-5-6-10-16;;;/h5-6,9,11-12,14-15H,1-4,7-8,10H2;2*1H;/q-1;;;+3/p-2. The number of fused-ring (bicyclic) bond motifs is 2. The van der Waals surface area contributed by atoms with Gasteiger partial charge in [-0.25, -0.2) is 0 Å². The minimum Gasteiger partial charge on any atom is -1.00 e. The van der Waals surface area contributed by atoms with Gasteiger partial charge in [0.2, 0.25) is 0 Å². The van der Waals surface area contributed by atoms with Gasteiger partial charge < -0.3 is 24.8 Å². The van der Waals surface area contributed by atoms with Crippen LogP contribution in [0.25, 0.3) is 17.2 Å². The van der Waals surface area contributed by atoms with Gasteiger partial charge in [0, 0.05) is 8.95 Å². The maximum atomic E-state index is 3.97. The third-order valence-corrected chi connectivity index (χ3v) is 7.08. The van der Waals surface area contributed by atoms with Crippen molar-refractivity contribution in [2.45, 2.75) is 44.9 Å². The first kappa shape index (κ1) is 26.3. The molecule has 1 saturated carbocycles. The molecule has 0 bridgehead atoms. The number of hydrogen-bond donors (Lipinski definition) is 0. The van der Waals surface area contributed by atoms with Crippen molar-refractivity contribution in [3.63, 3.8) is 0 Å². The van der Waals surface area contributed by atoms with E-state index in [0.717, 1.165) is 10.9 Å². The first-order chi connectivity index (χ1) is 13.2. The Bertz CT molecular complexity index is 1220. The fourth-order valence-electron chi connectivity index (χ4n) is 4.68. The fourth-order valence-corrected chi connectivity index (χ4v) is 5.75. The Morgan fingerprint density at radius 2 is 1.60 bits per heavy atom. The summed E-state index contributed by atoms with van der Waals surface area (Å²) in [7, 11) is 0. The van der Waals surface area contributed by atoms with E-state index in [4.69, 9.17) is 0 Å². The molecule has 0 N–H and O–H groups in total. The molecular formula is C25H21Br2Cl2Zr. The monoisotopic (exact) mass is 639 g/mol. The van der Waals surface area contributed by atoms with E-state index in [1.54, 1.807) is 5.57 Å². The van der Waals surface area contributed by atoms with Crippen LogP contribution >= 0.6 is 31.9 Å². The van der Waals surface area contributed by atoms with Gasteiger partial charge in [0.1, 0.15) is 0 Å². The molecule has 2 aromatic rings. The zero-order valence-corrected chi connectivity index (χ0v) is 23.6. The molecule has 0 aliphatic heterocycles. The van der Waals surface area contributed by atoms with E-state index >= 15 is 0 Å². The van der Waals surface area contributed by atoms with Crippen molar-refractivity contribution >= 4 is 49.1 Å². The van der Waals surface area contributed by atoms with Gasteiger partial charge in [0.25, 0.3) is 0 Å². The first-order valence-electron chi connectivity index (χ1n) is 9.87. The quantitative estimate of drug-likeness (QED) is 0.266. The molecule has 5 rings (SSSR count). The van der Waals surface area contributed by atoms with Gasteiger partial charge in [-0.05, 0) is 37.3 Å². The molecule has 3 aliphatic carbocycles. The molecule has 5 heteroatoms. The minimum atomic E-state index is 0. The molecule has 0 unspecified atom stereocenters. The van der Waals surface area contributed by atoms with Crippen LogP contribution in [0.1, 0.15) is 56.1 Å². The normalized spacial score (nSPS) is 16.2. The maximum Gasteiger partial charge on any atom is 3.00 e. The van der Waals surface area contributed by atoms with Crippen molar-refractivity contribution in [1.29, 1.82) is 0 Å². The summed E-state index contributed by atoms with van der Waals surface area (Å²) >= 11 is 7.61. The summed E-state index contributed by atoms with van der Waals surface area (Å²) in [6.07, 6.45) is 19.3. The van der Waals surface area contributed by atoms with Gasteiger partial charge in [-0.2, -0.15) is 0 Å². The van der Waals surface area contributed by atoms with Crippen molar-refractivity contribution in [3.8, 4) is 0 Å². The molecule has 1 radical (unpaired) electrons. The van der Waals surface area contributed by atoms with Crippen molar-refractivity contribution in [1.82, 2.24) is 0 Å². The molecule has 30 heavy (non-hydrogen) atoms. The molecule has 0 spiro atoms. The Labute approximate surface area is 226 Å². The fraction of sp³-hybridized carbons (Fsp3) is 0.280. The molecule has 0 aromatic heterocycles. The second-order valence-electron chi connectivity index (χ2n) is 7.69. The summed E-state index contributed by atoms with van der Waals surface area (Å²) in [4.78, 5) is 0. The number of benzene rings is 2. The summed E-state index contributed by atoms with van der Waals surface area (Å²) in [6, 6.07) is 8.85. The molecular weight excluding hydrogens is 622 g/mol. The Morgan fingerprint density at radius 3 is 2.27 bits per heavy atom. The number of hydrogen-bond acceptors (Lipinski definition) is 0. The average Bonchev–Trinajstić information content (AvgIpc) is 3.22. The molecule has 0 amide bonds. The summed E-state index contributed by atoms with van der Waals surface area (Å²) in [5, 5.41) is 5.24. The van der Waals surface area contributed by atoms with Crippen LogP contribution in [0, 0.1) is 10.4 Å². The summed E-state index contributed by atoms with van der Waals surface area (Å²) in [5.74, 6) is 0. The van der Waals surface area contributed by atoms with E-state index in [-0.39, 0.29) is 51.0 Å². The van der Waals surface area contributed by atoms with Crippen LogP contribution in [0.3, 0.4) is 0 Å². The van der Waals surface area contributed by atoms with Gasteiger partial charge in [-0.3, -0.25) is 0 Å². The summed E-state index contributed by atoms with van der Waals surface area (Å²) < 4.78 is 2.37. The van der Waals surface area contributed by atoms with Crippen LogP contribution in [0.5, 0.6) is 0 Å². The smallest absolute Gasteiger partial charge is 1.00 e. The molecule has 1 fully saturated rings. The minimum absolute atomic E-state index is 0. The van der Waals surface area contributed by atoms with E-state index in [1.165, 1.54) is 80.6 Å². The van der Waals surface area contributed by atoms with E-state index in [2.05, 4.69) is 80.4 Å². The van der Waals surface area contributed by atoms with Crippen LogP contribution in [-0.2, 0) is 26.2 Å². The van der Waals surface area contributed by atoms with Crippen molar-refractivity contribution in [2.24, 2.45) is 0 Å². The summed E-state index contributed by atoms with van der Waals surface area (Å²) in [6.45, 7) is 0. The molecule has 153 valence electrons. The Hall–Kier alpha value is 0.0831. The molecule has 3 aliphatic rings. The van der Waals surface area contributed by atoms with Crippen LogP contribution in [0.15, 0.2) is 51.4 Å². The van der Waals surface area contributed by atoms with E-state index in [1.807, 2.05) is 0 Å². The van der Waals surface area contributed by atoms with Crippen LogP contribution in [0.2, 0.25) is 0 Å². The molecule has 2 aromatic carbocycles. The van der Waals surface area contributed by atoms with Gasteiger partial charge >= 0.3 is 26.2 Å². The SMILES string of the molecule is Brc1ccc2c(c1)=c1cc(Br)c(=C3CCCCCC3)c(C3=CC=CC3)c1[C-]=2.[Cl-].[Cl-].[Zr+3]. The first-order valence-corrected chi connectivity index (χ1v) is 11.5. The van der Waals surface area contributed by atoms with Crippen LogP contribution in [-0.4, -0.2) is 0 Å². The van der Waals surface area contributed by atoms with Gasteiger partial charge in [-0.1, -0.05) is 97.8 Å². The third kappa shape index (κ3) is 4.86. The van der Waals surface area contributed by atoms with Crippen LogP contribution in [0.4, 0.5) is 0 Å². The van der Waals surface area contributed by atoms with Gasteiger partial charge in [0.05, 0.1) is 0 Å². The molecule has 0 atom stereocenters. The Kier molecular flexibility index (Phi) is 9.91. The van der Waals surface area contributed by atoms with Crippen molar-refractivity contribution in [2.75, 3.05) is 0 Å². The molecule has 0 saturated heterocycles. The van der Waals surface area contributed by atoms with Crippen LogP contribution < -0.4 is 35.3 Å².